The molecule has 2 heterocycles. The number of ketones is 1. The van der Waals surface area contributed by atoms with E-state index in [-0.39, 0.29) is 49.2 Å². The Morgan fingerprint density at radius 2 is 1.80 bits per heavy atom. The third kappa shape index (κ3) is 6.30. The minimum Gasteiger partial charge on any atom is -0.497 e. The summed E-state index contributed by atoms with van der Waals surface area (Å²) >= 11 is 0. The normalized spacial score (nSPS) is 33.2. The first kappa shape index (κ1) is 29.6. The molecule has 0 radical (unpaired) electrons. The zero-order valence-electron chi connectivity index (χ0n) is 23.7. The summed E-state index contributed by atoms with van der Waals surface area (Å²) in [6, 6.07) is 4.43. The Morgan fingerprint density at radius 1 is 1.15 bits per heavy atom. The van der Waals surface area contributed by atoms with Gasteiger partial charge in [0.1, 0.15) is 23.4 Å². The molecule has 11 heteroatoms. The predicted octanol–water partition coefficient (Wildman–Crippen LogP) is 2.62. The van der Waals surface area contributed by atoms with Gasteiger partial charge in [-0.3, -0.25) is 19.4 Å². The largest absolute Gasteiger partial charge is 0.497 e. The van der Waals surface area contributed by atoms with E-state index in [1.165, 1.54) is 0 Å². The average molecular weight is 576 g/mol. The van der Waals surface area contributed by atoms with Crippen LogP contribution in [-0.4, -0.2) is 77.9 Å². The van der Waals surface area contributed by atoms with Crippen molar-refractivity contribution in [3.05, 3.63) is 29.8 Å². The number of hydrogen-bond acceptors (Lipinski definition) is 7. The van der Waals surface area contributed by atoms with E-state index in [1.807, 2.05) is 0 Å². The van der Waals surface area contributed by atoms with Gasteiger partial charge in [0, 0.05) is 18.1 Å². The van der Waals surface area contributed by atoms with E-state index in [4.69, 9.17) is 9.47 Å². The number of ether oxygens (including phenoxy) is 2. The molecule has 3 fully saturated rings. The molecule has 1 aromatic carbocycles. The molecule has 0 aromatic heterocycles. The van der Waals surface area contributed by atoms with Crippen LogP contribution < -0.4 is 15.4 Å². The van der Waals surface area contributed by atoms with Gasteiger partial charge in [-0.05, 0) is 76.0 Å². The van der Waals surface area contributed by atoms with Crippen molar-refractivity contribution in [2.24, 2.45) is 22.7 Å². The van der Waals surface area contributed by atoms with E-state index in [9.17, 15) is 19.5 Å². The number of amides is 2. The SMILES string of the molecule is COc1ccc(CC(NC(=O)C(C)NC(=O)C2CCC(O)CC2)C2=NC(C(=O)C3(C)CO3)CC3CC(F)(F)C23)cc1. The number of carbonyl (C=O) groups excluding carboxylic acids is 3. The zero-order chi connectivity index (χ0) is 29.5. The number of methoxy groups -OCH3 is 1. The number of benzene rings is 1. The molecule has 6 atom stereocenters. The van der Waals surface area contributed by atoms with Crippen LogP contribution in [0.1, 0.15) is 57.9 Å². The standard InChI is InChI=1S/C30H39F2N3O6/c1-16(33-28(39)18-6-8-20(36)9-7-18)27(38)35-22(12-17-4-10-21(40-3)11-5-17)25-24-19(14-30(24,31)32)13-23(34-25)26(37)29(2)15-41-29/h4-5,10-11,16,18-20,22-24,36H,6-9,12-15H2,1-3H3,(H,33,39)(H,35,38). The molecule has 4 aliphatic rings. The van der Waals surface area contributed by atoms with Crippen LogP contribution in [0.3, 0.4) is 0 Å². The number of Topliss-reactive ketones (excluding diaryl/α,β-unsaturated/α-hetero) is 1. The predicted molar refractivity (Wildman–Crippen MR) is 146 cm³/mol. The van der Waals surface area contributed by atoms with E-state index in [0.717, 1.165) is 5.56 Å². The highest BCUT2D eigenvalue weighted by atomic mass is 19.3. The maximum atomic E-state index is 15.0. The number of aliphatic hydroxyl groups is 1. The minimum absolute atomic E-state index is 0.115. The van der Waals surface area contributed by atoms with Crippen molar-refractivity contribution in [3.8, 4) is 5.75 Å². The molecule has 0 spiro atoms. The molecule has 9 nitrogen and oxygen atoms in total. The maximum absolute atomic E-state index is 15.0. The summed E-state index contributed by atoms with van der Waals surface area (Å²) in [4.78, 5) is 44.0. The van der Waals surface area contributed by atoms with Gasteiger partial charge in [-0.25, -0.2) is 8.78 Å². The van der Waals surface area contributed by atoms with Crippen molar-refractivity contribution in [1.29, 1.82) is 0 Å². The van der Waals surface area contributed by atoms with E-state index >= 15 is 8.78 Å². The number of halogens is 2. The summed E-state index contributed by atoms with van der Waals surface area (Å²) < 4.78 is 40.6. The molecular weight excluding hydrogens is 536 g/mol. The number of carbonyl (C=O) groups is 3. The number of rotatable bonds is 10. The Morgan fingerprint density at radius 3 is 2.39 bits per heavy atom. The second kappa shape index (κ2) is 11.4. The molecule has 41 heavy (non-hydrogen) atoms. The molecule has 1 aromatic rings. The second-order valence-corrected chi connectivity index (χ2v) is 12.2. The highest BCUT2D eigenvalue weighted by molar-refractivity contribution is 6.02. The van der Waals surface area contributed by atoms with Crippen molar-refractivity contribution in [3.63, 3.8) is 0 Å². The lowest BCUT2D eigenvalue weighted by atomic mass is 9.61. The molecular formula is C30H39F2N3O6. The molecule has 2 saturated carbocycles. The van der Waals surface area contributed by atoms with Crippen LogP contribution in [0, 0.1) is 17.8 Å². The van der Waals surface area contributed by atoms with Gasteiger partial charge in [0.15, 0.2) is 5.78 Å². The van der Waals surface area contributed by atoms with Crippen LogP contribution >= 0.6 is 0 Å². The fourth-order valence-corrected chi connectivity index (χ4v) is 6.39. The third-order valence-corrected chi connectivity index (χ3v) is 9.10. The summed E-state index contributed by atoms with van der Waals surface area (Å²) in [7, 11) is 1.54. The lowest BCUT2D eigenvalue weighted by Crippen LogP contribution is -2.62. The van der Waals surface area contributed by atoms with Gasteiger partial charge >= 0.3 is 0 Å². The monoisotopic (exact) mass is 575 g/mol. The lowest BCUT2D eigenvalue weighted by molar-refractivity contribution is -0.154. The van der Waals surface area contributed by atoms with Crippen molar-refractivity contribution in [2.45, 2.75) is 94.5 Å². The van der Waals surface area contributed by atoms with Crippen molar-refractivity contribution < 1.29 is 37.7 Å². The average Bonchev–Trinajstić information content (AvgIpc) is 3.70. The topological polar surface area (TPSA) is 130 Å². The van der Waals surface area contributed by atoms with E-state index in [0.29, 0.717) is 31.4 Å². The summed E-state index contributed by atoms with van der Waals surface area (Å²) in [6.07, 6.45) is 1.80. The summed E-state index contributed by atoms with van der Waals surface area (Å²) in [5.41, 5.74) is -0.0633. The number of alkyl halides is 2. The molecule has 5 rings (SSSR count). The summed E-state index contributed by atoms with van der Waals surface area (Å²) in [5.74, 6) is -5.29. The van der Waals surface area contributed by atoms with Crippen molar-refractivity contribution in [1.82, 2.24) is 10.6 Å². The Balaban J connectivity index is 1.38. The highest BCUT2D eigenvalue weighted by Gasteiger charge is 2.63. The Kier molecular flexibility index (Phi) is 8.22. The number of hydrogen-bond donors (Lipinski definition) is 3. The molecule has 3 N–H and O–H groups in total. The molecule has 1 saturated heterocycles. The Bertz CT molecular complexity index is 1190. The number of aliphatic hydroxyl groups excluding tert-OH is 1. The van der Waals surface area contributed by atoms with Gasteiger partial charge in [0.05, 0.1) is 31.8 Å². The number of epoxide rings is 1. The van der Waals surface area contributed by atoms with E-state index in [2.05, 4.69) is 15.6 Å². The second-order valence-electron chi connectivity index (χ2n) is 12.2. The molecule has 6 unspecified atom stereocenters. The Hall–Kier alpha value is -2.92. The first-order valence-corrected chi connectivity index (χ1v) is 14.5. The van der Waals surface area contributed by atoms with Gasteiger partial charge in [-0.2, -0.15) is 0 Å². The fraction of sp³-hybridized carbons (Fsp3) is 0.667. The maximum Gasteiger partial charge on any atom is 0.256 e. The molecule has 2 amide bonds. The van der Waals surface area contributed by atoms with Gasteiger partial charge in [-0.1, -0.05) is 12.1 Å². The zero-order valence-corrected chi connectivity index (χ0v) is 23.7. The highest BCUT2D eigenvalue weighted by Crippen LogP contribution is 2.54. The molecule has 2 aliphatic carbocycles. The molecule has 224 valence electrons. The third-order valence-electron chi connectivity index (χ3n) is 9.10. The number of nitrogens with zero attached hydrogens (tertiary/aromatic N) is 1. The van der Waals surface area contributed by atoms with Gasteiger partial charge in [0.25, 0.3) is 5.92 Å². The van der Waals surface area contributed by atoms with E-state index in [1.54, 1.807) is 45.2 Å². The fourth-order valence-electron chi connectivity index (χ4n) is 6.39. The Labute approximate surface area is 238 Å². The minimum atomic E-state index is -2.99. The van der Waals surface area contributed by atoms with Crippen LogP contribution in [0.2, 0.25) is 0 Å². The lowest BCUT2D eigenvalue weighted by Gasteiger charge is -2.50. The van der Waals surface area contributed by atoms with Gasteiger partial charge in [-0.15, -0.1) is 0 Å². The summed E-state index contributed by atoms with van der Waals surface area (Å²) in [6.45, 7) is 3.51. The summed E-state index contributed by atoms with van der Waals surface area (Å²) in [5, 5.41) is 15.4. The van der Waals surface area contributed by atoms with Crippen molar-refractivity contribution in [2.75, 3.05) is 13.7 Å². The first-order valence-electron chi connectivity index (χ1n) is 14.5. The van der Waals surface area contributed by atoms with Gasteiger partial charge in [0.2, 0.25) is 11.8 Å². The van der Waals surface area contributed by atoms with E-state index < -0.39 is 53.5 Å². The molecule has 0 bridgehead atoms. The van der Waals surface area contributed by atoms with Crippen LogP contribution in [0.15, 0.2) is 29.3 Å². The first-order chi connectivity index (χ1) is 19.4. The smallest absolute Gasteiger partial charge is 0.256 e. The van der Waals surface area contributed by atoms with Crippen LogP contribution in [0.4, 0.5) is 8.78 Å². The quantitative estimate of drug-likeness (QED) is 0.368. The number of aliphatic imine (C=N–C) groups is 1. The number of nitrogens with one attached hydrogen (secondary N) is 2. The number of fused-ring (bicyclic) bond motifs is 1. The van der Waals surface area contributed by atoms with Crippen LogP contribution in [0.25, 0.3) is 0 Å². The van der Waals surface area contributed by atoms with Crippen LogP contribution in [-0.2, 0) is 25.5 Å². The van der Waals surface area contributed by atoms with Gasteiger partial charge < -0.3 is 25.2 Å². The van der Waals surface area contributed by atoms with Crippen LogP contribution in [0.5, 0.6) is 5.75 Å². The van der Waals surface area contributed by atoms with Crippen molar-refractivity contribution >= 4 is 23.3 Å². The molecule has 2 aliphatic heterocycles.